The third-order valence-corrected chi connectivity index (χ3v) is 3.24. The molecule has 5 heteroatoms. The van der Waals surface area contributed by atoms with Gasteiger partial charge in [-0.3, -0.25) is 4.79 Å². The maximum absolute atomic E-state index is 12.2. The van der Waals surface area contributed by atoms with Crippen molar-refractivity contribution in [2.24, 2.45) is 0 Å². The number of nitrogens with zero attached hydrogens (tertiary/aromatic N) is 2. The molecule has 0 unspecified atom stereocenters. The van der Waals surface area contributed by atoms with Gasteiger partial charge in [0.15, 0.2) is 5.65 Å². The lowest BCUT2D eigenvalue weighted by Gasteiger charge is -2.07. The first kappa shape index (κ1) is 16.7. The van der Waals surface area contributed by atoms with Crippen LogP contribution < -0.4 is 10.8 Å². The first-order chi connectivity index (χ1) is 11.1. The highest BCUT2D eigenvalue weighted by atomic mass is 16.1. The van der Waals surface area contributed by atoms with E-state index in [1.54, 1.807) is 30.5 Å². The summed E-state index contributed by atoms with van der Waals surface area (Å²) in [5.41, 5.74) is 2.68. The molecule has 0 bridgehead atoms. The second-order valence-corrected chi connectivity index (χ2v) is 4.77. The number of amides is 1. The Bertz CT molecular complexity index is 833. The zero-order valence-electron chi connectivity index (χ0n) is 13.5. The molecule has 1 N–H and O–H groups in total. The van der Waals surface area contributed by atoms with Crippen molar-refractivity contribution >= 4 is 36.1 Å². The molecule has 2 radical (unpaired) electrons. The Morgan fingerprint density at radius 2 is 1.91 bits per heavy atom. The largest absolute Gasteiger partial charge is 0.306 e. The summed E-state index contributed by atoms with van der Waals surface area (Å²) in [6.45, 7) is 5.87. The summed E-state index contributed by atoms with van der Waals surface area (Å²) in [6, 6.07) is 12.6. The monoisotopic (exact) mass is 303 g/mol. The molecule has 0 aliphatic rings. The van der Waals surface area contributed by atoms with Gasteiger partial charge in [0.1, 0.15) is 13.7 Å². The standard InChI is InChI=1S/C16H12BN3O.C2H6/c1-10-9-12(4-6-13(10)17)16(21)20-14-7-5-11-3-2-8-18-15(11)19-14;1-2/h2-9H,1H3,(H,18,19,20,21);1-2H3. The van der Waals surface area contributed by atoms with Crippen molar-refractivity contribution in [2.45, 2.75) is 20.8 Å². The van der Waals surface area contributed by atoms with Gasteiger partial charge in [-0.2, -0.15) is 0 Å². The minimum absolute atomic E-state index is 0.221. The van der Waals surface area contributed by atoms with Gasteiger partial charge < -0.3 is 5.32 Å². The molecule has 4 nitrogen and oxygen atoms in total. The number of aromatic nitrogens is 2. The van der Waals surface area contributed by atoms with Crippen LogP contribution in [0, 0.1) is 6.92 Å². The second kappa shape index (κ2) is 7.54. The number of carbonyl (C=O) groups excluding carboxylic acids is 1. The van der Waals surface area contributed by atoms with Crippen molar-refractivity contribution in [3.8, 4) is 0 Å². The van der Waals surface area contributed by atoms with Crippen LogP contribution >= 0.6 is 0 Å². The molecule has 0 atom stereocenters. The van der Waals surface area contributed by atoms with Crippen molar-refractivity contribution in [1.29, 1.82) is 0 Å². The Morgan fingerprint density at radius 3 is 2.65 bits per heavy atom. The molecule has 3 aromatic rings. The van der Waals surface area contributed by atoms with E-state index in [9.17, 15) is 4.79 Å². The van der Waals surface area contributed by atoms with Gasteiger partial charge in [-0.05, 0) is 37.3 Å². The first-order valence-corrected chi connectivity index (χ1v) is 7.53. The van der Waals surface area contributed by atoms with Crippen LogP contribution in [0.25, 0.3) is 11.0 Å². The van der Waals surface area contributed by atoms with Crippen LogP contribution in [-0.2, 0) is 0 Å². The molecule has 0 spiro atoms. The minimum atomic E-state index is -0.221. The molecule has 0 fully saturated rings. The van der Waals surface area contributed by atoms with Gasteiger partial charge in [0.25, 0.3) is 5.91 Å². The molecule has 0 aliphatic heterocycles. The van der Waals surface area contributed by atoms with E-state index in [4.69, 9.17) is 7.85 Å². The lowest BCUT2D eigenvalue weighted by molar-refractivity contribution is 0.102. The topological polar surface area (TPSA) is 54.9 Å². The Morgan fingerprint density at radius 1 is 1.13 bits per heavy atom. The maximum Gasteiger partial charge on any atom is 0.256 e. The molecule has 0 aliphatic carbocycles. The van der Waals surface area contributed by atoms with Crippen molar-refractivity contribution in [1.82, 2.24) is 9.97 Å². The fourth-order valence-corrected chi connectivity index (χ4v) is 2.03. The van der Waals surface area contributed by atoms with Crippen molar-refractivity contribution in [3.63, 3.8) is 0 Å². The fraction of sp³-hybridized carbons (Fsp3) is 0.167. The summed E-state index contributed by atoms with van der Waals surface area (Å²) < 4.78 is 0. The fourth-order valence-electron chi connectivity index (χ4n) is 2.03. The number of carbonyl (C=O) groups is 1. The Balaban J connectivity index is 0.000000924. The lowest BCUT2D eigenvalue weighted by Crippen LogP contribution is -2.15. The molecular weight excluding hydrogens is 285 g/mol. The number of pyridine rings is 2. The smallest absolute Gasteiger partial charge is 0.256 e. The SMILES string of the molecule is CC.[B]c1ccc(C(=O)Nc2ccc3cccnc3n2)cc1C. The van der Waals surface area contributed by atoms with Crippen molar-refractivity contribution in [2.75, 3.05) is 5.32 Å². The highest BCUT2D eigenvalue weighted by Crippen LogP contribution is 2.13. The molecule has 114 valence electrons. The van der Waals surface area contributed by atoms with E-state index >= 15 is 0 Å². The van der Waals surface area contributed by atoms with Crippen LogP contribution in [0.1, 0.15) is 29.8 Å². The average Bonchev–Trinajstić information content (AvgIpc) is 2.59. The molecule has 1 aromatic carbocycles. The zero-order valence-corrected chi connectivity index (χ0v) is 13.5. The highest BCUT2D eigenvalue weighted by Gasteiger charge is 2.08. The van der Waals surface area contributed by atoms with E-state index in [1.807, 2.05) is 39.0 Å². The van der Waals surface area contributed by atoms with E-state index in [0.717, 1.165) is 10.9 Å². The number of hydrogen-bond acceptors (Lipinski definition) is 3. The number of fused-ring (bicyclic) bond motifs is 1. The van der Waals surface area contributed by atoms with Gasteiger partial charge in [0.2, 0.25) is 0 Å². The summed E-state index contributed by atoms with van der Waals surface area (Å²) >= 11 is 0. The molecule has 0 saturated heterocycles. The van der Waals surface area contributed by atoms with Gasteiger partial charge in [-0.25, -0.2) is 9.97 Å². The maximum atomic E-state index is 12.2. The van der Waals surface area contributed by atoms with Gasteiger partial charge in [-0.15, -0.1) is 0 Å². The van der Waals surface area contributed by atoms with E-state index < -0.39 is 0 Å². The number of anilines is 1. The highest BCUT2D eigenvalue weighted by molar-refractivity contribution is 6.33. The first-order valence-electron chi connectivity index (χ1n) is 7.53. The van der Waals surface area contributed by atoms with Crippen LogP contribution in [-0.4, -0.2) is 23.7 Å². The van der Waals surface area contributed by atoms with Crippen LogP contribution in [0.2, 0.25) is 0 Å². The van der Waals surface area contributed by atoms with Crippen molar-refractivity contribution < 1.29 is 4.79 Å². The normalized spacial score (nSPS) is 9.87. The predicted molar refractivity (Wildman–Crippen MR) is 95.4 cm³/mol. The van der Waals surface area contributed by atoms with Crippen LogP contribution in [0.3, 0.4) is 0 Å². The van der Waals surface area contributed by atoms with Crippen molar-refractivity contribution in [3.05, 3.63) is 59.8 Å². The number of hydrogen-bond donors (Lipinski definition) is 1. The predicted octanol–water partition coefficient (Wildman–Crippen LogP) is 3.01. The van der Waals surface area contributed by atoms with Gasteiger partial charge in [-0.1, -0.05) is 37.0 Å². The third kappa shape index (κ3) is 3.94. The quantitative estimate of drug-likeness (QED) is 0.740. The number of rotatable bonds is 2. The third-order valence-electron chi connectivity index (χ3n) is 3.24. The molecule has 2 aromatic heterocycles. The average molecular weight is 303 g/mol. The zero-order chi connectivity index (χ0) is 16.8. The van der Waals surface area contributed by atoms with Gasteiger partial charge >= 0.3 is 0 Å². The molecule has 1 amide bonds. The number of nitrogens with one attached hydrogen (secondary N) is 1. The molecule has 3 rings (SSSR count). The van der Waals surface area contributed by atoms with Gasteiger partial charge in [0.05, 0.1) is 0 Å². The molecule has 23 heavy (non-hydrogen) atoms. The summed E-state index contributed by atoms with van der Waals surface area (Å²) in [5, 5.41) is 3.70. The summed E-state index contributed by atoms with van der Waals surface area (Å²) in [7, 11) is 5.75. The molecular formula is C18H18BN3O. The van der Waals surface area contributed by atoms with E-state index in [1.165, 1.54) is 0 Å². The van der Waals surface area contributed by atoms with Crippen LogP contribution in [0.4, 0.5) is 5.82 Å². The lowest BCUT2D eigenvalue weighted by atomic mass is 9.90. The minimum Gasteiger partial charge on any atom is -0.306 e. The van der Waals surface area contributed by atoms with E-state index in [2.05, 4.69) is 15.3 Å². The summed E-state index contributed by atoms with van der Waals surface area (Å²) in [4.78, 5) is 20.7. The van der Waals surface area contributed by atoms with E-state index in [-0.39, 0.29) is 5.91 Å². The summed E-state index contributed by atoms with van der Waals surface area (Å²) in [5.74, 6) is 0.251. The number of aryl methyl sites for hydroxylation is 1. The van der Waals surface area contributed by atoms with E-state index in [0.29, 0.717) is 22.5 Å². The Labute approximate surface area is 137 Å². The second-order valence-electron chi connectivity index (χ2n) is 4.77. The number of benzene rings is 1. The van der Waals surface area contributed by atoms with Crippen LogP contribution in [0.15, 0.2) is 48.7 Å². The van der Waals surface area contributed by atoms with Gasteiger partial charge in [0, 0.05) is 17.1 Å². The molecule has 2 heterocycles. The molecule has 0 saturated carbocycles. The van der Waals surface area contributed by atoms with Crippen LogP contribution in [0.5, 0.6) is 0 Å². The summed E-state index contributed by atoms with van der Waals surface area (Å²) in [6.07, 6.45) is 1.67. The Kier molecular flexibility index (Phi) is 5.47. The Hall–Kier alpha value is -2.69.